The molecule has 0 aliphatic carbocycles. The van der Waals surface area contributed by atoms with Crippen LogP contribution in [0.25, 0.3) is 44.1 Å². The van der Waals surface area contributed by atoms with Gasteiger partial charge in [0.15, 0.2) is 0 Å². The predicted octanol–water partition coefficient (Wildman–Crippen LogP) is 9.33. The van der Waals surface area contributed by atoms with Gasteiger partial charge in [0.05, 0.1) is 91.4 Å². The number of methoxy groups -OCH3 is 3. The number of ether oxygens (including phenoxy) is 6. The fourth-order valence-corrected chi connectivity index (χ4v) is 7.01. The van der Waals surface area contributed by atoms with Gasteiger partial charge in [0, 0.05) is 26.1 Å². The summed E-state index contributed by atoms with van der Waals surface area (Å²) in [7, 11) is 3.80. The second-order valence-corrected chi connectivity index (χ2v) is 16.4. The van der Waals surface area contributed by atoms with Crippen LogP contribution in [0.2, 0.25) is 0 Å². The minimum atomic E-state index is -0.698. The van der Waals surface area contributed by atoms with E-state index in [4.69, 9.17) is 19.5 Å². The maximum Gasteiger partial charge on any atom is 0.414 e. The number of aromatic amines is 2. The molecule has 4 aromatic heterocycles. The molecule has 424 valence electrons. The number of carbonyl (C=O) groups excluding carboxylic acids is 6. The average molecular weight is 1100 g/mol. The normalized spacial score (nSPS) is 10.3. The maximum absolute atomic E-state index is 12.5. The summed E-state index contributed by atoms with van der Waals surface area (Å²) in [6.07, 6.45) is 2.38. The van der Waals surface area contributed by atoms with Crippen LogP contribution in [0.1, 0.15) is 52.4 Å². The van der Waals surface area contributed by atoms with Crippen LogP contribution >= 0.6 is 0 Å². The summed E-state index contributed by atoms with van der Waals surface area (Å²) < 4.78 is 31.5. The lowest BCUT2D eigenvalue weighted by atomic mass is 10.2. The number of imidazole rings is 4. The Labute approximate surface area is 459 Å². The molecule has 4 aromatic carbocycles. The van der Waals surface area contributed by atoms with E-state index in [0.717, 1.165) is 54.2 Å². The first-order valence-electron chi connectivity index (χ1n) is 25.3. The predicted molar refractivity (Wildman–Crippen MR) is 299 cm³/mol. The first-order valence-corrected chi connectivity index (χ1v) is 25.3. The number of carbonyl (C=O) groups is 6. The van der Waals surface area contributed by atoms with Gasteiger partial charge in [0.1, 0.15) is 6.61 Å². The zero-order valence-electron chi connectivity index (χ0n) is 45.0. The number of nitrogens with zero attached hydrogens (tertiary/aromatic N) is 7. The summed E-state index contributed by atoms with van der Waals surface area (Å²) in [6, 6.07) is 30.6. The average Bonchev–Trinajstić information content (AvgIpc) is 4.34. The molecule has 0 aliphatic rings. The highest BCUT2D eigenvalue weighted by molar-refractivity contribution is 5.97. The zero-order valence-corrected chi connectivity index (χ0v) is 45.0. The smallest absolute Gasteiger partial charge is 0.414 e. The molecule has 6 amide bonds. The van der Waals surface area contributed by atoms with Crippen molar-refractivity contribution in [3.8, 4) is 6.07 Å². The summed E-state index contributed by atoms with van der Waals surface area (Å²) in [5, 5.41) is 24.0. The number of rotatable bonds is 19. The number of hydrogen-bond acceptors (Lipinski definition) is 17. The molecule has 0 saturated heterocycles. The van der Waals surface area contributed by atoms with E-state index in [2.05, 4.69) is 82.1 Å². The number of para-hydroxylation sites is 8. The van der Waals surface area contributed by atoms with Gasteiger partial charge in [-0.25, -0.2) is 57.8 Å². The van der Waals surface area contributed by atoms with E-state index in [9.17, 15) is 28.8 Å². The first-order chi connectivity index (χ1) is 38.9. The van der Waals surface area contributed by atoms with Gasteiger partial charge in [-0.2, -0.15) is 5.26 Å². The first kappa shape index (κ1) is 61.0. The Balaban J connectivity index is 0.000000199. The molecule has 0 radical (unpaired) electrons. The number of unbranched alkanes of at least 4 members (excludes halogenated alkanes) is 4. The Hall–Kier alpha value is -9.81. The van der Waals surface area contributed by atoms with Crippen molar-refractivity contribution in [1.82, 2.24) is 49.7 Å². The van der Waals surface area contributed by atoms with Gasteiger partial charge in [0.25, 0.3) is 0 Å². The van der Waals surface area contributed by atoms with Gasteiger partial charge in [-0.05, 0) is 74.7 Å². The van der Waals surface area contributed by atoms with Gasteiger partial charge in [-0.15, -0.1) is 0 Å². The minimum Gasteiger partial charge on any atom is -0.453 e. The molecule has 8 rings (SSSR count). The summed E-state index contributed by atoms with van der Waals surface area (Å²) in [5.74, 6) is 0.985. The molecule has 4 heterocycles. The molecular weight excluding hydrogens is 1040 g/mol. The molecule has 27 heteroatoms. The Morgan fingerprint density at radius 3 is 1.43 bits per heavy atom. The Morgan fingerprint density at radius 2 is 0.950 bits per heavy atom. The van der Waals surface area contributed by atoms with Crippen LogP contribution in [-0.2, 0) is 28.4 Å². The molecule has 0 spiro atoms. The number of amides is 6. The van der Waals surface area contributed by atoms with Crippen LogP contribution in [0.5, 0.6) is 0 Å². The van der Waals surface area contributed by atoms with Crippen LogP contribution in [0, 0.1) is 11.3 Å². The van der Waals surface area contributed by atoms with E-state index in [1.165, 1.54) is 30.5 Å². The van der Waals surface area contributed by atoms with Crippen molar-refractivity contribution < 1.29 is 57.2 Å². The molecular formula is C53H65N15O12. The topological polar surface area (TPSA) is 347 Å². The second-order valence-electron chi connectivity index (χ2n) is 16.4. The van der Waals surface area contributed by atoms with Crippen LogP contribution in [0.4, 0.5) is 52.6 Å². The molecule has 8 aromatic rings. The number of fused-ring (bicyclic) bond motifs is 4. The second kappa shape index (κ2) is 33.4. The molecule has 8 N–H and O–H groups in total. The minimum absolute atomic E-state index is 0.102. The number of hydrogen-bond donors (Lipinski definition) is 8. The maximum atomic E-state index is 12.5. The highest BCUT2D eigenvalue weighted by atomic mass is 16.6. The third-order valence-electron chi connectivity index (χ3n) is 10.8. The lowest BCUT2D eigenvalue weighted by Crippen LogP contribution is -2.31. The Kier molecular flexibility index (Phi) is 25.5. The molecule has 0 bridgehead atoms. The molecule has 0 fully saturated rings. The van der Waals surface area contributed by atoms with E-state index >= 15 is 0 Å². The van der Waals surface area contributed by atoms with Gasteiger partial charge in [0.2, 0.25) is 23.8 Å². The van der Waals surface area contributed by atoms with Gasteiger partial charge in [-0.1, -0.05) is 68.3 Å². The van der Waals surface area contributed by atoms with Crippen molar-refractivity contribution in [2.45, 2.75) is 52.4 Å². The van der Waals surface area contributed by atoms with E-state index in [1.807, 2.05) is 74.5 Å². The Bertz CT molecular complexity index is 3240. The molecule has 0 saturated carbocycles. The lowest BCUT2D eigenvalue weighted by molar-refractivity contribution is 0.0333. The lowest BCUT2D eigenvalue weighted by Gasteiger charge is -2.09. The largest absolute Gasteiger partial charge is 0.453 e. The third kappa shape index (κ3) is 19.3. The van der Waals surface area contributed by atoms with Gasteiger partial charge >= 0.3 is 36.4 Å². The fourth-order valence-electron chi connectivity index (χ4n) is 7.01. The van der Waals surface area contributed by atoms with Crippen molar-refractivity contribution in [2.75, 3.05) is 88.7 Å². The van der Waals surface area contributed by atoms with E-state index in [0.29, 0.717) is 79.9 Å². The molecule has 0 atom stereocenters. The molecule has 0 unspecified atom stereocenters. The quantitative estimate of drug-likeness (QED) is 0.0276. The highest BCUT2D eigenvalue weighted by Gasteiger charge is 2.20. The summed E-state index contributed by atoms with van der Waals surface area (Å²) in [6.45, 7) is 7.23. The van der Waals surface area contributed by atoms with Crippen molar-refractivity contribution in [1.29, 1.82) is 5.26 Å². The van der Waals surface area contributed by atoms with Gasteiger partial charge < -0.3 is 49.0 Å². The SMILES string of the molecule is CCCCNC(=O)n1c(NC(=O)OC)nc2ccccc21.CCOCCOCCOC(=O)Nc1nc2ccccc2[nH]1.COC(=O)Nc1nc2ccccc2[nH]1.COC(=O)Nc1nc2ccccc2n1C(=O)NCCCCCC#N. The van der Waals surface area contributed by atoms with Crippen LogP contribution in [0.3, 0.4) is 0 Å². The number of nitrogens with one attached hydrogen (secondary N) is 8. The van der Waals surface area contributed by atoms with E-state index in [1.54, 1.807) is 36.4 Å². The summed E-state index contributed by atoms with van der Waals surface area (Å²) in [4.78, 5) is 92.8. The van der Waals surface area contributed by atoms with E-state index in [-0.39, 0.29) is 30.6 Å². The van der Waals surface area contributed by atoms with Crippen LogP contribution in [-0.4, -0.2) is 143 Å². The Morgan fingerprint density at radius 1 is 0.512 bits per heavy atom. The fraction of sp³-hybridized carbons (Fsp3) is 0.340. The van der Waals surface area contributed by atoms with E-state index < -0.39 is 24.4 Å². The molecule has 80 heavy (non-hydrogen) atoms. The van der Waals surface area contributed by atoms with Crippen molar-refractivity contribution in [3.63, 3.8) is 0 Å². The third-order valence-corrected chi connectivity index (χ3v) is 10.8. The summed E-state index contributed by atoms with van der Waals surface area (Å²) >= 11 is 0. The van der Waals surface area contributed by atoms with Crippen LogP contribution in [0.15, 0.2) is 97.1 Å². The number of benzene rings is 4. The molecule has 0 aliphatic heterocycles. The zero-order chi connectivity index (χ0) is 57.5. The van der Waals surface area contributed by atoms with Crippen molar-refractivity contribution >= 4 is 104 Å². The highest BCUT2D eigenvalue weighted by Crippen LogP contribution is 2.21. The van der Waals surface area contributed by atoms with Crippen LogP contribution < -0.4 is 31.9 Å². The molecule has 27 nitrogen and oxygen atoms in total. The number of H-pyrrole nitrogens is 2. The standard InChI is InChI=1S/C16H19N5O3.C14H18N4O3.C14H19N3O4.C9H9N3O2/c1-24-16(23)20-14-19-12-8-4-5-9-13(12)21(14)15(22)18-11-7-3-2-6-10-17;1-3-4-9-15-13(19)18-11-8-6-5-7-10(11)16-12(18)17-14(20)21-2;1-2-19-7-8-20-9-10-21-14(18)17-13-15-11-5-3-4-6-12(11)16-13;1-14-9(13)12-8-10-6-4-2-3-5-7(6)11-8/h4-5,8-9H,2-3,6-7,11H2,1H3,(H,18,22)(H,19,20,23);5-8H,3-4,9H2,1-2H3,(H,15,19)(H,16,17,20);3-6H,2,7-10H2,1H3,(H2,15,16,17,18);2-5H,1H3,(H2,10,11,12,13). The van der Waals surface area contributed by atoms with Crippen molar-refractivity contribution in [2.24, 2.45) is 0 Å². The summed E-state index contributed by atoms with van der Waals surface area (Å²) in [5.41, 5.74) is 5.74. The number of anilines is 4. The number of nitriles is 1. The van der Waals surface area contributed by atoms with Crippen molar-refractivity contribution in [3.05, 3.63) is 97.1 Å². The number of aromatic nitrogens is 8. The monoisotopic (exact) mass is 1100 g/mol. The van der Waals surface area contributed by atoms with Gasteiger partial charge in [-0.3, -0.25) is 21.3 Å².